The molecule has 4 rings (SSSR count). The summed E-state index contributed by atoms with van der Waals surface area (Å²) < 4.78 is 2.16. The fourth-order valence-corrected chi connectivity index (χ4v) is 3.75. The molecule has 0 fully saturated rings. The van der Waals surface area contributed by atoms with Gasteiger partial charge in [-0.3, -0.25) is 9.89 Å². The number of imidazole rings is 1. The number of aromatic amines is 1. The molecule has 0 saturated carbocycles. The van der Waals surface area contributed by atoms with E-state index in [2.05, 4.69) is 59.0 Å². The summed E-state index contributed by atoms with van der Waals surface area (Å²) >= 11 is 5.36. The number of thiocarbonyl (C=S) groups is 1. The third-order valence-corrected chi connectivity index (χ3v) is 6.70. The Labute approximate surface area is 266 Å². The molecule has 8 nitrogen and oxygen atoms in total. The van der Waals surface area contributed by atoms with E-state index in [0.29, 0.717) is 28.9 Å². The number of nitrogens with zero attached hydrogens (tertiary/aromatic N) is 4. The van der Waals surface area contributed by atoms with Crippen LogP contribution < -0.4 is 11.1 Å². The second-order valence-corrected chi connectivity index (χ2v) is 11.2. The molecule has 1 aliphatic rings. The lowest BCUT2D eigenvalue weighted by atomic mass is 9.94. The molecule has 4 N–H and O–H groups in total. The van der Waals surface area contributed by atoms with Gasteiger partial charge in [0.15, 0.2) is 0 Å². The third kappa shape index (κ3) is 13.2. The van der Waals surface area contributed by atoms with E-state index in [0.717, 1.165) is 30.0 Å². The number of carbonyl (C=O) groups excluding carboxylic acids is 1. The van der Waals surface area contributed by atoms with Crippen LogP contribution in [-0.4, -0.2) is 42.5 Å². The van der Waals surface area contributed by atoms with Crippen LogP contribution in [0, 0.1) is 11.3 Å². The Bertz CT molecular complexity index is 1240. The second kappa shape index (κ2) is 20.6. The molecule has 0 spiro atoms. The molecule has 1 aliphatic heterocycles. The van der Waals surface area contributed by atoms with Gasteiger partial charge in [-0.05, 0) is 11.8 Å². The highest BCUT2D eigenvalue weighted by Gasteiger charge is 2.25. The molecule has 3 heterocycles. The second-order valence-electron chi connectivity index (χ2n) is 10.8. The standard InChI is InChI=1S/C22H25N7OS.C6H14.3C2H6/c1-13(2)20(23)27-22(31)16-11-24-28-19(16)21(30)25-15-8-9-29-12-17(26-18(29)10-15)14-6-4-3-5-7-14;1-5-6(2,3)4;3*1-2/h3-7,11-13,15H,8-10H2,1-2H3,(H,24,28)(H,25,30)(H2,23,27,31);5H2,1-4H3;3*1-2H3. The van der Waals surface area contributed by atoms with E-state index < -0.39 is 0 Å². The molecule has 0 radical (unpaired) electrons. The first-order chi connectivity index (χ1) is 20.5. The molecule has 3 aromatic rings. The van der Waals surface area contributed by atoms with Crippen LogP contribution >= 0.6 is 12.2 Å². The first-order valence-electron chi connectivity index (χ1n) is 15.8. The fraction of sp³-hybridized carbons (Fsp3) is 0.559. The van der Waals surface area contributed by atoms with Gasteiger partial charge in [0, 0.05) is 36.7 Å². The van der Waals surface area contributed by atoms with Gasteiger partial charge in [0.05, 0.1) is 17.5 Å². The zero-order chi connectivity index (χ0) is 33.2. The zero-order valence-corrected chi connectivity index (χ0v) is 29.5. The molecule has 1 atom stereocenters. The smallest absolute Gasteiger partial charge is 0.270 e. The highest BCUT2D eigenvalue weighted by Crippen LogP contribution is 2.23. The molecule has 2 aromatic heterocycles. The number of fused-ring (bicyclic) bond motifs is 1. The maximum atomic E-state index is 12.9. The van der Waals surface area contributed by atoms with Crippen LogP contribution in [-0.2, 0) is 13.0 Å². The summed E-state index contributed by atoms with van der Waals surface area (Å²) in [5, 5.41) is 9.80. The summed E-state index contributed by atoms with van der Waals surface area (Å²) in [6.45, 7) is 25.6. The van der Waals surface area contributed by atoms with Gasteiger partial charge in [-0.15, -0.1) is 0 Å². The van der Waals surface area contributed by atoms with Crippen molar-refractivity contribution >= 4 is 28.9 Å². The van der Waals surface area contributed by atoms with Crippen LogP contribution in [0.1, 0.15) is 118 Å². The number of amidine groups is 1. The van der Waals surface area contributed by atoms with Gasteiger partial charge in [0.1, 0.15) is 22.3 Å². The number of aromatic nitrogens is 4. The predicted molar refractivity (Wildman–Crippen MR) is 188 cm³/mol. The highest BCUT2D eigenvalue weighted by molar-refractivity contribution is 7.80. The van der Waals surface area contributed by atoms with Crippen molar-refractivity contribution in [1.82, 2.24) is 25.1 Å². The first-order valence-corrected chi connectivity index (χ1v) is 16.2. The molecule has 0 aliphatic carbocycles. The molecule has 0 bridgehead atoms. The number of amides is 1. The minimum atomic E-state index is -0.263. The molecular formula is C34H57N7OS. The molecule has 0 saturated heterocycles. The maximum absolute atomic E-state index is 12.9. The Morgan fingerprint density at radius 3 is 2.26 bits per heavy atom. The monoisotopic (exact) mass is 611 g/mol. The van der Waals surface area contributed by atoms with Crippen LogP contribution in [0.25, 0.3) is 11.3 Å². The van der Waals surface area contributed by atoms with Crippen molar-refractivity contribution in [2.45, 2.75) is 115 Å². The van der Waals surface area contributed by atoms with Crippen LogP contribution in [0.5, 0.6) is 0 Å². The Morgan fingerprint density at radius 2 is 1.72 bits per heavy atom. The quantitative estimate of drug-likeness (QED) is 0.153. The van der Waals surface area contributed by atoms with E-state index in [1.807, 2.05) is 85.7 Å². The van der Waals surface area contributed by atoms with Gasteiger partial charge < -0.3 is 15.6 Å². The molecular weight excluding hydrogens is 554 g/mol. The van der Waals surface area contributed by atoms with Gasteiger partial charge >= 0.3 is 0 Å². The van der Waals surface area contributed by atoms with Crippen LogP contribution in [0.4, 0.5) is 0 Å². The lowest BCUT2D eigenvalue weighted by molar-refractivity contribution is 0.0925. The van der Waals surface area contributed by atoms with E-state index in [-0.39, 0.29) is 22.9 Å². The number of aliphatic imine (C=N–C) groups is 1. The molecule has 1 aromatic carbocycles. The summed E-state index contributed by atoms with van der Waals surface area (Å²) in [7, 11) is 0. The van der Waals surface area contributed by atoms with E-state index in [9.17, 15) is 4.79 Å². The Morgan fingerprint density at radius 1 is 1.14 bits per heavy atom. The summed E-state index contributed by atoms with van der Waals surface area (Å²) in [6, 6.07) is 10.1. The fourth-order valence-electron chi connectivity index (χ4n) is 3.48. The van der Waals surface area contributed by atoms with Crippen molar-refractivity contribution in [3.05, 3.63) is 59.8 Å². The summed E-state index contributed by atoms with van der Waals surface area (Å²) in [6.07, 6.45) is 6.33. The molecule has 43 heavy (non-hydrogen) atoms. The molecule has 1 unspecified atom stereocenters. The van der Waals surface area contributed by atoms with E-state index in [1.165, 1.54) is 12.6 Å². The van der Waals surface area contributed by atoms with E-state index in [4.69, 9.17) is 22.9 Å². The zero-order valence-electron chi connectivity index (χ0n) is 28.7. The third-order valence-electron chi connectivity index (χ3n) is 6.39. The van der Waals surface area contributed by atoms with E-state index in [1.54, 1.807) is 0 Å². The maximum Gasteiger partial charge on any atom is 0.270 e. The number of rotatable bonds is 5. The summed E-state index contributed by atoms with van der Waals surface area (Å²) in [5.41, 5.74) is 9.25. The van der Waals surface area contributed by atoms with Crippen molar-refractivity contribution in [2.75, 3.05) is 0 Å². The van der Waals surface area contributed by atoms with Crippen LogP contribution in [0.3, 0.4) is 0 Å². The number of benzene rings is 1. The Kier molecular flexibility index (Phi) is 19.0. The minimum Gasteiger partial charge on any atom is -0.387 e. The van der Waals surface area contributed by atoms with Crippen molar-refractivity contribution < 1.29 is 4.79 Å². The largest absolute Gasteiger partial charge is 0.387 e. The number of carbonyl (C=O) groups is 1. The van der Waals surface area contributed by atoms with Crippen LogP contribution in [0.15, 0.2) is 47.7 Å². The number of hydrogen-bond acceptors (Lipinski definition) is 4. The topological polar surface area (TPSA) is 114 Å². The van der Waals surface area contributed by atoms with Gasteiger partial charge in [0.25, 0.3) is 5.91 Å². The predicted octanol–water partition coefficient (Wildman–Crippen LogP) is 8.23. The van der Waals surface area contributed by atoms with Crippen molar-refractivity contribution in [3.63, 3.8) is 0 Å². The lowest BCUT2D eigenvalue weighted by Gasteiger charge is -2.24. The van der Waals surface area contributed by atoms with Crippen molar-refractivity contribution in [3.8, 4) is 11.3 Å². The molecule has 240 valence electrons. The SMILES string of the molecule is CC.CC.CC.CC(C)C(N)=NC(=S)c1cn[nH]c1C(=O)NC1CCn2cc(-c3ccccc3)nc2C1.CCC(C)(C)C. The highest BCUT2D eigenvalue weighted by atomic mass is 32.1. The Balaban J connectivity index is 0.00000128. The number of aryl methyl sites for hydroxylation is 1. The first kappa shape index (κ1) is 39.7. The summed E-state index contributed by atoms with van der Waals surface area (Å²) in [4.78, 5) is 22.2. The average Bonchev–Trinajstić information content (AvgIpc) is 3.68. The normalized spacial score (nSPS) is 13.8. The number of hydrogen-bond donors (Lipinski definition) is 3. The van der Waals surface area contributed by atoms with Crippen molar-refractivity contribution in [1.29, 1.82) is 0 Å². The summed E-state index contributed by atoms with van der Waals surface area (Å²) in [5.74, 6) is 1.19. The van der Waals surface area contributed by atoms with E-state index >= 15 is 0 Å². The van der Waals surface area contributed by atoms with Gasteiger partial charge in [-0.2, -0.15) is 5.10 Å². The molecule has 9 heteroatoms. The minimum absolute atomic E-state index is 0.0278. The van der Waals surface area contributed by atoms with Gasteiger partial charge in [-0.25, -0.2) is 9.98 Å². The molecule has 1 amide bonds. The Hall–Kier alpha value is -3.33. The van der Waals surface area contributed by atoms with Gasteiger partial charge in [0.2, 0.25) is 0 Å². The number of H-pyrrole nitrogens is 1. The van der Waals surface area contributed by atoms with Crippen LogP contribution in [0.2, 0.25) is 0 Å². The van der Waals surface area contributed by atoms with Crippen molar-refractivity contribution in [2.24, 2.45) is 22.1 Å². The van der Waals surface area contributed by atoms with Gasteiger partial charge in [-0.1, -0.05) is 132 Å². The average molecular weight is 612 g/mol. The number of nitrogens with two attached hydrogens (primary N) is 1. The lowest BCUT2D eigenvalue weighted by Crippen LogP contribution is -2.40. The number of nitrogens with one attached hydrogen (secondary N) is 2.